The first-order chi connectivity index (χ1) is 9.11. The number of aliphatic hydroxyl groups is 1. The summed E-state index contributed by atoms with van der Waals surface area (Å²) in [5, 5.41) is 12.9. The van der Waals surface area contributed by atoms with Crippen molar-refractivity contribution >= 4 is 0 Å². The first-order valence-electron chi connectivity index (χ1n) is 6.42. The lowest BCUT2D eigenvalue weighted by atomic mass is 10.2. The van der Waals surface area contributed by atoms with E-state index in [4.69, 9.17) is 4.74 Å². The van der Waals surface area contributed by atoms with Crippen molar-refractivity contribution in [3.63, 3.8) is 0 Å². The molecule has 0 heterocycles. The zero-order valence-corrected chi connectivity index (χ0v) is 11.6. The summed E-state index contributed by atoms with van der Waals surface area (Å²) in [6.45, 7) is 3.03. The number of nitrogens with one attached hydrogen (secondary N) is 1. The van der Waals surface area contributed by atoms with Gasteiger partial charge in [-0.05, 0) is 24.7 Å². The van der Waals surface area contributed by atoms with Crippen LogP contribution in [0.1, 0.15) is 5.56 Å². The molecule has 0 radical (unpaired) electrons. The highest BCUT2D eigenvalue weighted by Crippen LogP contribution is 2.06. The Hall–Kier alpha value is -1.01. The number of likely N-dealkylation sites (N-methyl/N-ethyl adjacent to an activating group) is 1. The highest BCUT2D eigenvalue weighted by atomic mass is 19.1. The van der Waals surface area contributed by atoms with Gasteiger partial charge in [-0.1, -0.05) is 12.1 Å². The third-order valence-electron chi connectivity index (χ3n) is 2.73. The van der Waals surface area contributed by atoms with Gasteiger partial charge in [-0.2, -0.15) is 0 Å². The van der Waals surface area contributed by atoms with E-state index in [9.17, 15) is 9.50 Å². The maximum absolute atomic E-state index is 13.0. The van der Waals surface area contributed by atoms with Crippen molar-refractivity contribution in [1.29, 1.82) is 0 Å². The Bertz CT molecular complexity index is 363. The second kappa shape index (κ2) is 8.98. The van der Waals surface area contributed by atoms with Gasteiger partial charge in [0.1, 0.15) is 5.82 Å². The first-order valence-corrected chi connectivity index (χ1v) is 6.42. The molecule has 1 unspecified atom stereocenters. The Morgan fingerprint density at radius 2 is 2.26 bits per heavy atom. The van der Waals surface area contributed by atoms with Crippen LogP contribution in [0.5, 0.6) is 0 Å². The van der Waals surface area contributed by atoms with E-state index >= 15 is 0 Å². The van der Waals surface area contributed by atoms with Gasteiger partial charge in [-0.25, -0.2) is 4.39 Å². The molecule has 108 valence electrons. The third kappa shape index (κ3) is 7.22. The van der Waals surface area contributed by atoms with Crippen molar-refractivity contribution in [2.24, 2.45) is 0 Å². The third-order valence-corrected chi connectivity index (χ3v) is 2.73. The molecule has 0 aliphatic rings. The largest absolute Gasteiger partial charge is 0.390 e. The molecule has 1 atom stereocenters. The molecule has 0 amide bonds. The van der Waals surface area contributed by atoms with Gasteiger partial charge in [0.05, 0.1) is 12.7 Å². The summed E-state index contributed by atoms with van der Waals surface area (Å²) in [6.07, 6.45) is -0.449. The molecule has 2 N–H and O–H groups in total. The summed E-state index contributed by atoms with van der Waals surface area (Å²) in [5.41, 5.74) is 0.905. The van der Waals surface area contributed by atoms with E-state index in [0.717, 1.165) is 12.1 Å². The van der Waals surface area contributed by atoms with E-state index < -0.39 is 6.10 Å². The summed E-state index contributed by atoms with van der Waals surface area (Å²) < 4.78 is 17.9. The summed E-state index contributed by atoms with van der Waals surface area (Å²) in [7, 11) is 3.55. The highest BCUT2D eigenvalue weighted by Gasteiger charge is 2.08. The first kappa shape index (κ1) is 16.0. The van der Waals surface area contributed by atoms with E-state index in [-0.39, 0.29) is 5.82 Å². The fourth-order valence-corrected chi connectivity index (χ4v) is 1.88. The number of ether oxygens (including phenoxy) is 1. The van der Waals surface area contributed by atoms with Crippen molar-refractivity contribution < 1.29 is 14.2 Å². The lowest BCUT2D eigenvalue weighted by molar-refractivity contribution is 0.117. The van der Waals surface area contributed by atoms with Crippen LogP contribution in [0.3, 0.4) is 0 Å². The average Bonchev–Trinajstić information content (AvgIpc) is 2.34. The number of methoxy groups -OCH3 is 1. The predicted molar refractivity (Wildman–Crippen MR) is 73.5 cm³/mol. The van der Waals surface area contributed by atoms with E-state index in [1.54, 1.807) is 13.2 Å². The predicted octanol–water partition coefficient (Wildman–Crippen LogP) is 0.854. The van der Waals surface area contributed by atoms with Gasteiger partial charge in [0.2, 0.25) is 0 Å². The summed E-state index contributed by atoms with van der Waals surface area (Å²) in [5.74, 6) is -0.229. The Labute approximate surface area is 114 Å². The van der Waals surface area contributed by atoms with Gasteiger partial charge in [0, 0.05) is 33.3 Å². The van der Waals surface area contributed by atoms with Crippen molar-refractivity contribution in [2.45, 2.75) is 12.6 Å². The Morgan fingerprint density at radius 1 is 1.47 bits per heavy atom. The van der Waals surface area contributed by atoms with Crippen LogP contribution in [-0.4, -0.2) is 56.5 Å². The minimum atomic E-state index is -0.449. The van der Waals surface area contributed by atoms with Crippen LogP contribution in [0.2, 0.25) is 0 Å². The minimum absolute atomic E-state index is 0.229. The monoisotopic (exact) mass is 270 g/mol. The summed E-state index contributed by atoms with van der Waals surface area (Å²) >= 11 is 0. The van der Waals surface area contributed by atoms with Crippen LogP contribution >= 0.6 is 0 Å². The van der Waals surface area contributed by atoms with Gasteiger partial charge >= 0.3 is 0 Å². The maximum atomic E-state index is 13.0. The van der Waals surface area contributed by atoms with Crippen LogP contribution in [0.4, 0.5) is 4.39 Å². The van der Waals surface area contributed by atoms with Crippen LogP contribution in [0.15, 0.2) is 24.3 Å². The number of benzene rings is 1. The number of nitrogens with zero attached hydrogens (tertiary/aromatic N) is 1. The number of halogens is 1. The molecule has 0 spiro atoms. The van der Waals surface area contributed by atoms with Crippen LogP contribution in [0.25, 0.3) is 0 Å². The molecule has 19 heavy (non-hydrogen) atoms. The van der Waals surface area contributed by atoms with E-state index in [2.05, 4.69) is 5.32 Å². The number of rotatable bonds is 9. The molecule has 0 aliphatic heterocycles. The van der Waals surface area contributed by atoms with E-state index in [1.165, 1.54) is 12.1 Å². The molecule has 0 bridgehead atoms. The molecule has 1 rings (SSSR count). The Balaban J connectivity index is 2.24. The molecule has 0 saturated heterocycles. The molecule has 0 aromatic heterocycles. The summed E-state index contributed by atoms with van der Waals surface area (Å²) in [6, 6.07) is 6.52. The van der Waals surface area contributed by atoms with Gasteiger partial charge < -0.3 is 15.2 Å². The SMILES string of the molecule is COCCNCC(O)CN(C)Cc1cccc(F)c1. The highest BCUT2D eigenvalue weighted by molar-refractivity contribution is 5.16. The van der Waals surface area contributed by atoms with Crippen molar-refractivity contribution in [2.75, 3.05) is 40.4 Å². The number of hydrogen-bond donors (Lipinski definition) is 2. The van der Waals surface area contributed by atoms with Crippen LogP contribution in [0, 0.1) is 5.82 Å². The molecule has 1 aromatic carbocycles. The van der Waals surface area contributed by atoms with Crippen molar-refractivity contribution in [3.05, 3.63) is 35.6 Å². The molecular weight excluding hydrogens is 247 g/mol. The standard InChI is InChI=1S/C14H23FN2O2/c1-17(10-12-4-3-5-13(15)8-12)11-14(18)9-16-6-7-19-2/h3-5,8,14,16,18H,6-7,9-11H2,1-2H3. The Kier molecular flexibility index (Phi) is 7.59. The van der Waals surface area contributed by atoms with Gasteiger partial charge in [-0.3, -0.25) is 4.90 Å². The molecule has 1 aromatic rings. The maximum Gasteiger partial charge on any atom is 0.123 e. The molecular formula is C14H23FN2O2. The lowest BCUT2D eigenvalue weighted by Crippen LogP contribution is -2.37. The van der Waals surface area contributed by atoms with Crippen molar-refractivity contribution in [1.82, 2.24) is 10.2 Å². The van der Waals surface area contributed by atoms with E-state index in [1.807, 2.05) is 18.0 Å². The molecule has 4 nitrogen and oxygen atoms in total. The minimum Gasteiger partial charge on any atom is -0.390 e. The number of aliphatic hydroxyl groups excluding tert-OH is 1. The quantitative estimate of drug-likeness (QED) is 0.653. The van der Waals surface area contributed by atoms with Crippen LogP contribution in [-0.2, 0) is 11.3 Å². The second-order valence-corrected chi connectivity index (χ2v) is 4.68. The molecule has 0 fully saturated rings. The zero-order valence-electron chi connectivity index (χ0n) is 11.6. The number of hydrogen-bond acceptors (Lipinski definition) is 4. The smallest absolute Gasteiger partial charge is 0.123 e. The van der Waals surface area contributed by atoms with Gasteiger partial charge in [0.25, 0.3) is 0 Å². The van der Waals surface area contributed by atoms with Gasteiger partial charge in [0.15, 0.2) is 0 Å². The zero-order chi connectivity index (χ0) is 14.1. The van der Waals surface area contributed by atoms with Crippen molar-refractivity contribution in [3.8, 4) is 0 Å². The average molecular weight is 270 g/mol. The van der Waals surface area contributed by atoms with E-state index in [0.29, 0.717) is 26.2 Å². The topological polar surface area (TPSA) is 44.7 Å². The van der Waals surface area contributed by atoms with Gasteiger partial charge in [-0.15, -0.1) is 0 Å². The fourth-order valence-electron chi connectivity index (χ4n) is 1.88. The molecule has 0 aliphatic carbocycles. The Morgan fingerprint density at radius 3 is 2.95 bits per heavy atom. The van der Waals surface area contributed by atoms with Crippen LogP contribution < -0.4 is 5.32 Å². The fraction of sp³-hybridized carbons (Fsp3) is 0.571. The summed E-state index contributed by atoms with van der Waals surface area (Å²) in [4.78, 5) is 1.97. The normalized spacial score (nSPS) is 12.9. The lowest BCUT2D eigenvalue weighted by Gasteiger charge is -2.21. The molecule has 5 heteroatoms. The second-order valence-electron chi connectivity index (χ2n) is 4.68. The molecule has 0 saturated carbocycles.